The first-order chi connectivity index (χ1) is 14.5. The Morgan fingerprint density at radius 1 is 1.10 bits per heavy atom. The summed E-state index contributed by atoms with van der Waals surface area (Å²) in [5, 5.41) is 17.5. The number of nitro groups is 1. The minimum atomic E-state index is -0.854. The predicted molar refractivity (Wildman–Crippen MR) is 120 cm³/mol. The van der Waals surface area contributed by atoms with Gasteiger partial charge in [0, 0.05) is 17.7 Å². The quantitative estimate of drug-likeness (QED) is 0.400. The molecule has 2 N–H and O–H groups in total. The molecule has 0 saturated heterocycles. The van der Waals surface area contributed by atoms with Crippen molar-refractivity contribution in [3.8, 4) is 0 Å². The van der Waals surface area contributed by atoms with E-state index < -0.39 is 22.8 Å². The molecular weight excluding hydrogens is 396 g/mol. The maximum atomic E-state index is 12.6. The molecule has 8 nitrogen and oxygen atoms in total. The van der Waals surface area contributed by atoms with Gasteiger partial charge in [-0.1, -0.05) is 65.0 Å². The summed E-state index contributed by atoms with van der Waals surface area (Å²) in [6.07, 6.45) is 1.53. The normalized spacial score (nSPS) is 12.6. The maximum Gasteiger partial charge on any atom is 0.270 e. The van der Waals surface area contributed by atoms with Crippen LogP contribution in [-0.2, 0) is 10.2 Å². The maximum absolute atomic E-state index is 12.6. The molecule has 0 radical (unpaired) electrons. The summed E-state index contributed by atoms with van der Waals surface area (Å²) in [4.78, 5) is 35.4. The summed E-state index contributed by atoms with van der Waals surface area (Å²) in [5.74, 6) is -1.26. The van der Waals surface area contributed by atoms with Crippen LogP contribution in [-0.4, -0.2) is 29.0 Å². The van der Waals surface area contributed by atoms with Gasteiger partial charge in [-0.3, -0.25) is 19.7 Å². The van der Waals surface area contributed by atoms with Crippen molar-refractivity contribution in [2.24, 2.45) is 11.0 Å². The SMILES string of the molecule is CC(C)[C@@H](NC(=O)c1cccc([N+](=O)[O-])c1)C(=O)N/N=C\c1ccc(C(C)(C)C)cc1. The van der Waals surface area contributed by atoms with Gasteiger partial charge in [0.15, 0.2) is 0 Å². The zero-order valence-electron chi connectivity index (χ0n) is 18.4. The highest BCUT2D eigenvalue weighted by Crippen LogP contribution is 2.21. The number of nitrogens with zero attached hydrogens (tertiary/aromatic N) is 2. The van der Waals surface area contributed by atoms with Gasteiger partial charge in [0.05, 0.1) is 11.1 Å². The molecule has 2 rings (SSSR count). The van der Waals surface area contributed by atoms with Crippen LogP contribution in [0.2, 0.25) is 0 Å². The van der Waals surface area contributed by atoms with Gasteiger partial charge in [-0.25, -0.2) is 5.43 Å². The van der Waals surface area contributed by atoms with Crippen LogP contribution in [0.4, 0.5) is 5.69 Å². The average Bonchev–Trinajstić information content (AvgIpc) is 2.71. The fourth-order valence-corrected chi connectivity index (χ4v) is 2.83. The molecule has 2 aromatic rings. The number of hydrogen-bond acceptors (Lipinski definition) is 5. The molecule has 0 spiro atoms. The van der Waals surface area contributed by atoms with Crippen LogP contribution in [0.25, 0.3) is 0 Å². The third-order valence-electron chi connectivity index (χ3n) is 4.72. The second kappa shape index (κ2) is 9.97. The van der Waals surface area contributed by atoms with Gasteiger partial charge in [0.1, 0.15) is 6.04 Å². The second-order valence-corrected chi connectivity index (χ2v) is 8.61. The number of hydrazone groups is 1. The summed E-state index contributed by atoms with van der Waals surface area (Å²) in [6, 6.07) is 12.4. The molecule has 0 aromatic heterocycles. The molecular formula is C23H28N4O4. The molecule has 0 heterocycles. The predicted octanol–water partition coefficient (Wildman–Crippen LogP) is 3.80. The van der Waals surface area contributed by atoms with Crippen molar-refractivity contribution in [1.29, 1.82) is 0 Å². The molecule has 0 fully saturated rings. The number of carbonyl (C=O) groups excluding carboxylic acids is 2. The van der Waals surface area contributed by atoms with E-state index in [9.17, 15) is 19.7 Å². The van der Waals surface area contributed by atoms with Crippen molar-refractivity contribution in [3.63, 3.8) is 0 Å². The van der Waals surface area contributed by atoms with Gasteiger partial charge in [-0.2, -0.15) is 5.10 Å². The lowest BCUT2D eigenvalue weighted by Crippen LogP contribution is -2.48. The number of nitro benzene ring substituents is 1. The van der Waals surface area contributed by atoms with Gasteiger partial charge < -0.3 is 5.32 Å². The monoisotopic (exact) mass is 424 g/mol. The number of benzene rings is 2. The van der Waals surface area contributed by atoms with E-state index in [2.05, 4.69) is 36.6 Å². The van der Waals surface area contributed by atoms with Gasteiger partial charge in [0.2, 0.25) is 0 Å². The Morgan fingerprint density at radius 3 is 2.29 bits per heavy atom. The molecule has 0 saturated carbocycles. The molecule has 0 aliphatic rings. The van der Waals surface area contributed by atoms with Crippen LogP contribution < -0.4 is 10.7 Å². The summed E-state index contributed by atoms with van der Waals surface area (Å²) >= 11 is 0. The first-order valence-electron chi connectivity index (χ1n) is 9.98. The average molecular weight is 425 g/mol. The lowest BCUT2D eigenvalue weighted by Gasteiger charge is -2.20. The van der Waals surface area contributed by atoms with E-state index >= 15 is 0 Å². The van der Waals surface area contributed by atoms with Crippen LogP contribution in [0.15, 0.2) is 53.6 Å². The number of carbonyl (C=O) groups is 2. The first kappa shape index (κ1) is 23.7. The Labute approximate surface area is 181 Å². The van der Waals surface area contributed by atoms with Crippen LogP contribution >= 0.6 is 0 Å². The minimum Gasteiger partial charge on any atom is -0.340 e. The highest BCUT2D eigenvalue weighted by atomic mass is 16.6. The molecule has 1 atom stereocenters. The summed E-state index contributed by atoms with van der Waals surface area (Å²) in [6.45, 7) is 9.96. The van der Waals surface area contributed by atoms with Gasteiger partial charge in [0.25, 0.3) is 17.5 Å². The topological polar surface area (TPSA) is 114 Å². The number of hydrogen-bond donors (Lipinski definition) is 2. The van der Waals surface area contributed by atoms with Crippen LogP contribution in [0.1, 0.15) is 56.1 Å². The van der Waals surface area contributed by atoms with Crippen molar-refractivity contribution >= 4 is 23.7 Å². The molecule has 164 valence electrons. The summed E-state index contributed by atoms with van der Waals surface area (Å²) in [5.41, 5.74) is 4.43. The molecule has 31 heavy (non-hydrogen) atoms. The Kier molecular flexibility index (Phi) is 7.63. The zero-order chi connectivity index (χ0) is 23.2. The molecule has 0 bridgehead atoms. The Hall–Kier alpha value is -3.55. The van der Waals surface area contributed by atoms with E-state index in [0.29, 0.717) is 0 Å². The molecule has 0 aliphatic heterocycles. The van der Waals surface area contributed by atoms with Gasteiger partial charge in [-0.05, 0) is 28.5 Å². The number of rotatable bonds is 7. The van der Waals surface area contributed by atoms with Crippen molar-refractivity contribution in [2.45, 2.75) is 46.1 Å². The van der Waals surface area contributed by atoms with E-state index in [1.54, 1.807) is 13.8 Å². The lowest BCUT2D eigenvalue weighted by atomic mass is 9.87. The molecule has 2 aromatic carbocycles. The minimum absolute atomic E-state index is 0.0474. The first-order valence-corrected chi connectivity index (χ1v) is 9.98. The molecule has 0 unspecified atom stereocenters. The van der Waals surface area contributed by atoms with Gasteiger partial charge in [-0.15, -0.1) is 0 Å². The molecule has 2 amide bonds. The third-order valence-corrected chi connectivity index (χ3v) is 4.72. The van der Waals surface area contributed by atoms with Crippen LogP contribution in [0.3, 0.4) is 0 Å². The number of amides is 2. The standard InChI is InChI=1S/C23H28N4O4/c1-15(2)20(25-21(28)17-7-6-8-19(13-17)27(30)31)22(29)26-24-14-16-9-11-18(12-10-16)23(3,4)5/h6-15,20H,1-5H3,(H,25,28)(H,26,29)/b24-14-/t20-/m1/s1. The van der Waals surface area contributed by atoms with Crippen molar-refractivity contribution < 1.29 is 14.5 Å². The van der Waals surface area contributed by atoms with Gasteiger partial charge >= 0.3 is 0 Å². The van der Waals surface area contributed by atoms with E-state index in [-0.39, 0.29) is 22.6 Å². The fraction of sp³-hybridized carbons (Fsp3) is 0.348. The van der Waals surface area contributed by atoms with Crippen molar-refractivity contribution in [1.82, 2.24) is 10.7 Å². The van der Waals surface area contributed by atoms with E-state index in [1.165, 1.54) is 36.0 Å². The van der Waals surface area contributed by atoms with Crippen LogP contribution in [0, 0.1) is 16.0 Å². The van der Waals surface area contributed by atoms with Crippen molar-refractivity contribution in [3.05, 3.63) is 75.3 Å². The highest BCUT2D eigenvalue weighted by Gasteiger charge is 2.25. The largest absolute Gasteiger partial charge is 0.340 e. The van der Waals surface area contributed by atoms with E-state index in [0.717, 1.165) is 5.56 Å². The third kappa shape index (κ3) is 6.74. The Bertz CT molecular complexity index is 976. The van der Waals surface area contributed by atoms with Crippen LogP contribution in [0.5, 0.6) is 0 Å². The molecule has 0 aliphatic carbocycles. The Morgan fingerprint density at radius 2 is 1.74 bits per heavy atom. The smallest absolute Gasteiger partial charge is 0.270 e. The number of non-ortho nitro benzene ring substituents is 1. The Balaban J connectivity index is 2.03. The fourth-order valence-electron chi connectivity index (χ4n) is 2.83. The van der Waals surface area contributed by atoms with E-state index in [1.807, 2.05) is 24.3 Å². The highest BCUT2D eigenvalue weighted by molar-refractivity contribution is 5.98. The zero-order valence-corrected chi connectivity index (χ0v) is 18.4. The van der Waals surface area contributed by atoms with Crippen molar-refractivity contribution in [2.75, 3.05) is 0 Å². The lowest BCUT2D eigenvalue weighted by molar-refractivity contribution is -0.384. The second-order valence-electron chi connectivity index (χ2n) is 8.61. The molecule has 8 heteroatoms. The summed E-state index contributed by atoms with van der Waals surface area (Å²) < 4.78 is 0. The number of nitrogens with one attached hydrogen (secondary N) is 2. The summed E-state index contributed by atoms with van der Waals surface area (Å²) in [7, 11) is 0. The van der Waals surface area contributed by atoms with E-state index in [4.69, 9.17) is 0 Å².